The number of likely N-dealkylation sites (tertiary alicyclic amines) is 1. The highest BCUT2D eigenvalue weighted by Gasteiger charge is 2.35. The number of H-pyrrole nitrogens is 1. The van der Waals surface area contributed by atoms with Crippen molar-refractivity contribution in [3.8, 4) is 17.1 Å². The van der Waals surface area contributed by atoms with Crippen molar-refractivity contribution in [1.82, 2.24) is 20.1 Å². The largest absolute Gasteiger partial charge is 0.496 e. The Hall–Kier alpha value is -1.73. The lowest BCUT2D eigenvalue weighted by atomic mass is 9.78. The molecule has 2 fully saturated rings. The maximum atomic E-state index is 12.9. The number of halogens is 1. The van der Waals surface area contributed by atoms with Gasteiger partial charge in [-0.3, -0.25) is 9.89 Å². The Bertz CT molecular complexity index is 841. The molecule has 1 N–H and O–H groups in total. The fourth-order valence-corrected chi connectivity index (χ4v) is 5.30. The standard InChI is InChI=1S/C20H25ClN4O2S/c1-27-17-9-8-14(21)11-15(17)19-22-20(24-23-19)28-12-18(26)25-10-4-6-13-5-2-3-7-16(13)25/h8-9,11,13,16H,2-7,10,12H2,1H3,(H,22,23,24)/t13-,16-/m0/s1. The zero-order valence-electron chi connectivity index (χ0n) is 16.0. The van der Waals surface area contributed by atoms with Gasteiger partial charge >= 0.3 is 0 Å². The molecular formula is C20H25ClN4O2S. The number of amides is 1. The number of nitrogens with one attached hydrogen (secondary N) is 1. The summed E-state index contributed by atoms with van der Waals surface area (Å²) >= 11 is 7.48. The lowest BCUT2D eigenvalue weighted by Gasteiger charge is -2.44. The van der Waals surface area contributed by atoms with Crippen LogP contribution in [0.25, 0.3) is 11.4 Å². The van der Waals surface area contributed by atoms with Gasteiger partial charge in [-0.25, -0.2) is 4.98 Å². The summed E-state index contributed by atoms with van der Waals surface area (Å²) in [7, 11) is 1.61. The van der Waals surface area contributed by atoms with Crippen molar-refractivity contribution in [2.75, 3.05) is 19.4 Å². The topological polar surface area (TPSA) is 71.1 Å². The Balaban J connectivity index is 1.41. The number of ether oxygens (including phenoxy) is 1. The molecule has 1 aliphatic heterocycles. The molecule has 1 aliphatic carbocycles. The number of benzene rings is 1. The van der Waals surface area contributed by atoms with Crippen molar-refractivity contribution < 1.29 is 9.53 Å². The molecule has 0 radical (unpaired) electrons. The zero-order valence-corrected chi connectivity index (χ0v) is 17.6. The third kappa shape index (κ3) is 4.15. The van der Waals surface area contributed by atoms with Crippen molar-refractivity contribution in [2.45, 2.75) is 49.7 Å². The predicted octanol–water partition coefficient (Wildman–Crippen LogP) is 4.41. The third-order valence-electron chi connectivity index (χ3n) is 5.77. The van der Waals surface area contributed by atoms with E-state index in [4.69, 9.17) is 16.3 Å². The number of hydrogen-bond acceptors (Lipinski definition) is 5. The van der Waals surface area contributed by atoms with E-state index in [1.54, 1.807) is 25.3 Å². The number of aromatic nitrogens is 3. The van der Waals surface area contributed by atoms with Gasteiger partial charge in [0.1, 0.15) is 5.75 Å². The number of carbonyl (C=O) groups is 1. The molecule has 0 spiro atoms. The Morgan fingerprint density at radius 2 is 2.14 bits per heavy atom. The van der Waals surface area contributed by atoms with Crippen LogP contribution in [0.5, 0.6) is 5.75 Å². The van der Waals surface area contributed by atoms with E-state index in [0.29, 0.717) is 39.5 Å². The van der Waals surface area contributed by atoms with Gasteiger partial charge in [-0.2, -0.15) is 0 Å². The molecule has 28 heavy (non-hydrogen) atoms. The SMILES string of the molecule is COc1ccc(Cl)cc1-c1nc(SCC(=O)N2CCC[C@@H]3CCCC[C@@H]32)n[nH]1. The van der Waals surface area contributed by atoms with Gasteiger partial charge in [0, 0.05) is 17.6 Å². The summed E-state index contributed by atoms with van der Waals surface area (Å²) in [6, 6.07) is 5.80. The van der Waals surface area contributed by atoms with Crippen LogP contribution in [0.15, 0.2) is 23.4 Å². The number of aromatic amines is 1. The van der Waals surface area contributed by atoms with Gasteiger partial charge in [0.2, 0.25) is 11.1 Å². The van der Waals surface area contributed by atoms with Crippen LogP contribution in [-0.4, -0.2) is 51.4 Å². The number of piperidine rings is 1. The zero-order chi connectivity index (χ0) is 19.5. The molecule has 2 heterocycles. The summed E-state index contributed by atoms with van der Waals surface area (Å²) in [5, 5.41) is 8.34. The lowest BCUT2D eigenvalue weighted by molar-refractivity contribution is -0.134. The van der Waals surface area contributed by atoms with E-state index in [1.165, 1.54) is 37.4 Å². The number of rotatable bonds is 5. The number of carbonyl (C=O) groups excluding carboxylic acids is 1. The molecule has 1 saturated heterocycles. The molecule has 2 aliphatic rings. The number of thioether (sulfide) groups is 1. The van der Waals surface area contributed by atoms with Gasteiger partial charge in [-0.05, 0) is 49.8 Å². The minimum absolute atomic E-state index is 0.202. The molecule has 0 bridgehead atoms. The normalized spacial score (nSPS) is 22.0. The molecule has 1 saturated carbocycles. The second-order valence-electron chi connectivity index (χ2n) is 7.44. The molecule has 8 heteroatoms. The number of fused-ring (bicyclic) bond motifs is 1. The van der Waals surface area contributed by atoms with Gasteiger partial charge in [0.05, 0.1) is 18.4 Å². The number of nitrogens with zero attached hydrogens (tertiary/aromatic N) is 3. The van der Waals surface area contributed by atoms with Gasteiger partial charge in [0.25, 0.3) is 0 Å². The van der Waals surface area contributed by atoms with Crippen LogP contribution >= 0.6 is 23.4 Å². The van der Waals surface area contributed by atoms with Crippen LogP contribution in [0.3, 0.4) is 0 Å². The number of hydrogen-bond donors (Lipinski definition) is 1. The smallest absolute Gasteiger partial charge is 0.233 e. The van der Waals surface area contributed by atoms with E-state index in [1.807, 2.05) is 0 Å². The Labute approximate surface area is 174 Å². The van der Waals surface area contributed by atoms with Crippen LogP contribution in [0.1, 0.15) is 38.5 Å². The van der Waals surface area contributed by atoms with E-state index in [9.17, 15) is 4.79 Å². The highest BCUT2D eigenvalue weighted by molar-refractivity contribution is 7.99. The predicted molar refractivity (Wildman–Crippen MR) is 111 cm³/mol. The van der Waals surface area contributed by atoms with Crippen LogP contribution in [0.2, 0.25) is 5.02 Å². The van der Waals surface area contributed by atoms with Crippen molar-refractivity contribution >= 4 is 29.3 Å². The van der Waals surface area contributed by atoms with Gasteiger partial charge < -0.3 is 9.64 Å². The highest BCUT2D eigenvalue weighted by atomic mass is 35.5. The van der Waals surface area contributed by atoms with Crippen LogP contribution in [-0.2, 0) is 4.79 Å². The van der Waals surface area contributed by atoms with Crippen molar-refractivity contribution in [3.63, 3.8) is 0 Å². The van der Waals surface area contributed by atoms with Crippen LogP contribution < -0.4 is 4.74 Å². The van der Waals surface area contributed by atoms with E-state index in [-0.39, 0.29) is 5.91 Å². The first kappa shape index (κ1) is 19.6. The molecule has 1 aromatic heterocycles. The molecule has 2 atom stereocenters. The van der Waals surface area contributed by atoms with E-state index < -0.39 is 0 Å². The van der Waals surface area contributed by atoms with Crippen molar-refractivity contribution in [2.24, 2.45) is 5.92 Å². The fraction of sp³-hybridized carbons (Fsp3) is 0.550. The molecule has 0 unspecified atom stereocenters. The van der Waals surface area contributed by atoms with Crippen LogP contribution in [0, 0.1) is 5.92 Å². The first-order valence-electron chi connectivity index (χ1n) is 9.84. The molecule has 4 rings (SSSR count). The first-order valence-corrected chi connectivity index (χ1v) is 11.2. The van der Waals surface area contributed by atoms with Crippen LogP contribution in [0.4, 0.5) is 0 Å². The maximum Gasteiger partial charge on any atom is 0.233 e. The van der Waals surface area contributed by atoms with Crippen molar-refractivity contribution in [3.05, 3.63) is 23.2 Å². The molecule has 2 aromatic rings. The third-order valence-corrected chi connectivity index (χ3v) is 6.84. The van der Waals surface area contributed by atoms with Gasteiger partial charge in [-0.1, -0.05) is 36.2 Å². The van der Waals surface area contributed by atoms with E-state index in [2.05, 4.69) is 20.1 Å². The highest BCUT2D eigenvalue weighted by Crippen LogP contribution is 2.36. The van der Waals surface area contributed by atoms with E-state index in [0.717, 1.165) is 24.9 Å². The number of methoxy groups -OCH3 is 1. The molecule has 1 aromatic carbocycles. The summed E-state index contributed by atoms with van der Waals surface area (Å²) < 4.78 is 5.38. The second kappa shape index (κ2) is 8.74. The summed E-state index contributed by atoms with van der Waals surface area (Å²) in [5.41, 5.74) is 0.752. The second-order valence-corrected chi connectivity index (χ2v) is 8.82. The summed E-state index contributed by atoms with van der Waals surface area (Å²) in [6.45, 7) is 0.888. The molecular weight excluding hydrogens is 396 g/mol. The quantitative estimate of drug-likeness (QED) is 0.725. The first-order chi connectivity index (χ1) is 13.7. The monoisotopic (exact) mass is 420 g/mol. The van der Waals surface area contributed by atoms with E-state index >= 15 is 0 Å². The molecule has 150 valence electrons. The van der Waals surface area contributed by atoms with Gasteiger partial charge in [-0.15, -0.1) is 5.10 Å². The maximum absolute atomic E-state index is 12.9. The Kier molecular flexibility index (Phi) is 6.11. The average Bonchev–Trinajstić information content (AvgIpc) is 3.20. The summed E-state index contributed by atoms with van der Waals surface area (Å²) in [6.07, 6.45) is 7.37. The average molecular weight is 421 g/mol. The Morgan fingerprint density at radius 1 is 1.32 bits per heavy atom. The summed E-state index contributed by atoms with van der Waals surface area (Å²) in [4.78, 5) is 19.5. The summed E-state index contributed by atoms with van der Waals surface area (Å²) in [5.74, 6) is 2.52. The molecule has 6 nitrogen and oxygen atoms in total. The fourth-order valence-electron chi connectivity index (χ4n) is 4.44. The van der Waals surface area contributed by atoms with Gasteiger partial charge in [0.15, 0.2) is 5.82 Å². The minimum atomic E-state index is 0.202. The minimum Gasteiger partial charge on any atom is -0.496 e. The lowest BCUT2D eigenvalue weighted by Crippen LogP contribution is -2.50. The molecule has 1 amide bonds. The van der Waals surface area contributed by atoms with Crippen molar-refractivity contribution in [1.29, 1.82) is 0 Å². The Morgan fingerprint density at radius 3 is 3.00 bits per heavy atom.